The van der Waals surface area contributed by atoms with Gasteiger partial charge in [0.2, 0.25) is 0 Å². The minimum Gasteiger partial charge on any atom is -0.496 e. The van der Waals surface area contributed by atoms with Crippen molar-refractivity contribution in [2.45, 2.75) is 6.04 Å². The summed E-state index contributed by atoms with van der Waals surface area (Å²) in [6.45, 7) is 0.556. The highest BCUT2D eigenvalue weighted by atomic mass is 32.1. The van der Waals surface area contributed by atoms with Crippen molar-refractivity contribution in [3.63, 3.8) is 0 Å². The predicted molar refractivity (Wildman–Crippen MR) is 86.1 cm³/mol. The molecule has 1 amide bonds. The van der Waals surface area contributed by atoms with E-state index in [-0.39, 0.29) is 11.9 Å². The van der Waals surface area contributed by atoms with Crippen LogP contribution in [-0.2, 0) is 0 Å². The van der Waals surface area contributed by atoms with Crippen molar-refractivity contribution >= 4 is 17.2 Å². The highest BCUT2D eigenvalue weighted by Crippen LogP contribution is 2.21. The lowest BCUT2D eigenvalue weighted by Crippen LogP contribution is -2.34. The van der Waals surface area contributed by atoms with Crippen LogP contribution in [0.15, 0.2) is 41.1 Å². The highest BCUT2D eigenvalue weighted by Gasteiger charge is 2.17. The van der Waals surface area contributed by atoms with E-state index in [1.165, 1.54) is 5.56 Å². The molecule has 1 heterocycles. The van der Waals surface area contributed by atoms with E-state index in [0.717, 1.165) is 0 Å². The molecule has 4 nitrogen and oxygen atoms in total. The summed E-state index contributed by atoms with van der Waals surface area (Å²) in [7, 11) is 5.59. The number of carbonyl (C=O) groups is 1. The fraction of sp³-hybridized carbons (Fsp3) is 0.312. The van der Waals surface area contributed by atoms with Gasteiger partial charge < -0.3 is 15.0 Å². The maximum absolute atomic E-state index is 12.3. The van der Waals surface area contributed by atoms with Crippen LogP contribution in [0.3, 0.4) is 0 Å². The number of para-hydroxylation sites is 1. The Labute approximate surface area is 129 Å². The average molecular weight is 304 g/mol. The lowest BCUT2D eigenvalue weighted by atomic mass is 10.1. The largest absolute Gasteiger partial charge is 0.496 e. The Bertz CT molecular complexity index is 582. The zero-order valence-electron chi connectivity index (χ0n) is 12.5. The Kier molecular flexibility index (Phi) is 5.36. The second-order valence-corrected chi connectivity index (χ2v) is 5.73. The smallest absolute Gasteiger partial charge is 0.255 e. The maximum Gasteiger partial charge on any atom is 0.255 e. The molecule has 1 aromatic heterocycles. The molecule has 0 fully saturated rings. The number of nitrogens with one attached hydrogen (secondary N) is 1. The van der Waals surface area contributed by atoms with Crippen LogP contribution in [-0.4, -0.2) is 38.6 Å². The van der Waals surface area contributed by atoms with Crippen molar-refractivity contribution in [2.24, 2.45) is 0 Å². The zero-order chi connectivity index (χ0) is 15.2. The molecule has 2 rings (SSSR count). The van der Waals surface area contributed by atoms with Gasteiger partial charge in [-0.15, -0.1) is 0 Å². The molecule has 21 heavy (non-hydrogen) atoms. The molecule has 0 radical (unpaired) electrons. The summed E-state index contributed by atoms with van der Waals surface area (Å²) in [5.41, 5.74) is 1.77. The Morgan fingerprint density at radius 2 is 2.10 bits per heavy atom. The van der Waals surface area contributed by atoms with Gasteiger partial charge in [0.05, 0.1) is 18.7 Å². The summed E-state index contributed by atoms with van der Waals surface area (Å²) >= 11 is 1.66. The molecular weight excluding hydrogens is 284 g/mol. The monoisotopic (exact) mass is 304 g/mol. The van der Waals surface area contributed by atoms with Crippen LogP contribution in [0.4, 0.5) is 0 Å². The topological polar surface area (TPSA) is 41.6 Å². The number of hydrogen-bond acceptors (Lipinski definition) is 4. The molecule has 1 aromatic carbocycles. The van der Waals surface area contributed by atoms with E-state index in [1.54, 1.807) is 30.6 Å². The normalized spacial score (nSPS) is 12.2. The predicted octanol–water partition coefficient (Wildman–Crippen LogP) is 2.79. The summed E-state index contributed by atoms with van der Waals surface area (Å²) in [6.07, 6.45) is 0. The molecule has 5 heteroatoms. The number of nitrogens with zero attached hydrogens (tertiary/aromatic N) is 1. The number of thiophene rings is 1. The van der Waals surface area contributed by atoms with E-state index in [4.69, 9.17) is 4.74 Å². The quantitative estimate of drug-likeness (QED) is 0.892. The third kappa shape index (κ3) is 3.83. The standard InChI is InChI=1S/C16H20N2O2S/c1-18(2)14(12-8-9-21-11-12)10-17-16(19)13-6-4-5-7-15(13)20-3/h4-9,11,14H,10H2,1-3H3,(H,17,19)/t14-/m1/s1. The van der Waals surface area contributed by atoms with Crippen molar-refractivity contribution in [3.05, 3.63) is 52.2 Å². The molecule has 0 bridgehead atoms. The summed E-state index contributed by atoms with van der Waals surface area (Å²) in [5, 5.41) is 7.15. The number of carbonyl (C=O) groups excluding carboxylic acids is 1. The van der Waals surface area contributed by atoms with Crippen LogP contribution in [0.5, 0.6) is 5.75 Å². The van der Waals surface area contributed by atoms with Crippen LogP contribution in [0, 0.1) is 0 Å². The Morgan fingerprint density at radius 3 is 2.71 bits per heavy atom. The molecule has 112 valence electrons. The second kappa shape index (κ2) is 7.24. The van der Waals surface area contributed by atoms with Gasteiger partial charge in [-0.05, 0) is 48.6 Å². The van der Waals surface area contributed by atoms with E-state index in [0.29, 0.717) is 17.9 Å². The first-order chi connectivity index (χ1) is 10.1. The van der Waals surface area contributed by atoms with Crippen LogP contribution >= 0.6 is 11.3 Å². The van der Waals surface area contributed by atoms with Gasteiger partial charge >= 0.3 is 0 Å². The molecule has 0 aliphatic heterocycles. The minimum atomic E-state index is -0.116. The summed E-state index contributed by atoms with van der Waals surface area (Å²) < 4.78 is 5.22. The molecule has 0 aliphatic rings. The second-order valence-electron chi connectivity index (χ2n) is 4.95. The summed E-state index contributed by atoms with van der Waals surface area (Å²) in [5.74, 6) is 0.474. The molecule has 0 aliphatic carbocycles. The molecule has 1 atom stereocenters. The van der Waals surface area contributed by atoms with Crippen molar-refractivity contribution in [1.82, 2.24) is 10.2 Å². The highest BCUT2D eigenvalue weighted by molar-refractivity contribution is 7.07. The van der Waals surface area contributed by atoms with Crippen LogP contribution < -0.4 is 10.1 Å². The van der Waals surface area contributed by atoms with Gasteiger partial charge in [0.25, 0.3) is 5.91 Å². The molecule has 0 unspecified atom stereocenters. The lowest BCUT2D eigenvalue weighted by molar-refractivity contribution is 0.0939. The summed E-state index contributed by atoms with van der Waals surface area (Å²) in [6, 6.07) is 9.49. The van der Waals surface area contributed by atoms with Gasteiger partial charge in [0, 0.05) is 6.54 Å². The maximum atomic E-state index is 12.3. The van der Waals surface area contributed by atoms with Crippen LogP contribution in [0.25, 0.3) is 0 Å². The fourth-order valence-corrected chi connectivity index (χ4v) is 2.89. The molecule has 0 saturated carbocycles. The number of ether oxygens (including phenoxy) is 1. The van der Waals surface area contributed by atoms with Gasteiger partial charge in [-0.1, -0.05) is 12.1 Å². The Morgan fingerprint density at radius 1 is 1.33 bits per heavy atom. The Hall–Kier alpha value is -1.85. The number of benzene rings is 1. The summed E-state index contributed by atoms with van der Waals surface area (Å²) in [4.78, 5) is 14.4. The van der Waals surface area contributed by atoms with E-state index in [9.17, 15) is 4.79 Å². The first kappa shape index (κ1) is 15.5. The van der Waals surface area contributed by atoms with Crippen molar-refractivity contribution in [2.75, 3.05) is 27.7 Å². The minimum absolute atomic E-state index is 0.116. The van der Waals surface area contributed by atoms with Crippen LogP contribution in [0.2, 0.25) is 0 Å². The SMILES string of the molecule is COc1ccccc1C(=O)NC[C@H](c1ccsc1)N(C)C. The van der Waals surface area contributed by atoms with Gasteiger partial charge in [0.15, 0.2) is 0 Å². The van der Waals surface area contributed by atoms with Gasteiger partial charge in [-0.3, -0.25) is 4.79 Å². The molecular formula is C16H20N2O2S. The zero-order valence-corrected chi connectivity index (χ0v) is 13.3. The first-order valence-corrected chi connectivity index (χ1v) is 7.67. The third-order valence-electron chi connectivity index (χ3n) is 3.36. The molecule has 1 N–H and O–H groups in total. The van der Waals surface area contributed by atoms with Gasteiger partial charge in [-0.2, -0.15) is 11.3 Å². The van der Waals surface area contributed by atoms with Crippen molar-refractivity contribution < 1.29 is 9.53 Å². The fourth-order valence-electron chi connectivity index (χ4n) is 2.18. The van der Waals surface area contributed by atoms with E-state index in [2.05, 4.69) is 21.7 Å². The van der Waals surface area contributed by atoms with Crippen LogP contribution in [0.1, 0.15) is 22.0 Å². The third-order valence-corrected chi connectivity index (χ3v) is 4.06. The number of methoxy groups -OCH3 is 1. The first-order valence-electron chi connectivity index (χ1n) is 6.73. The number of rotatable bonds is 6. The van der Waals surface area contributed by atoms with E-state index >= 15 is 0 Å². The van der Waals surface area contributed by atoms with Gasteiger partial charge in [0.1, 0.15) is 5.75 Å². The van der Waals surface area contributed by atoms with E-state index in [1.807, 2.05) is 31.6 Å². The molecule has 0 spiro atoms. The Balaban J connectivity index is 2.06. The average Bonchev–Trinajstić information content (AvgIpc) is 3.01. The lowest BCUT2D eigenvalue weighted by Gasteiger charge is -2.24. The molecule has 2 aromatic rings. The molecule has 0 saturated heterocycles. The van der Waals surface area contributed by atoms with Crippen molar-refractivity contribution in [1.29, 1.82) is 0 Å². The number of hydrogen-bond donors (Lipinski definition) is 1. The van der Waals surface area contributed by atoms with Crippen molar-refractivity contribution in [3.8, 4) is 5.75 Å². The number of likely N-dealkylation sites (N-methyl/N-ethyl adjacent to an activating group) is 1. The van der Waals surface area contributed by atoms with E-state index < -0.39 is 0 Å². The number of amides is 1. The van der Waals surface area contributed by atoms with Gasteiger partial charge in [-0.25, -0.2) is 0 Å².